The van der Waals surface area contributed by atoms with Gasteiger partial charge in [-0.25, -0.2) is 0 Å². The van der Waals surface area contributed by atoms with Crippen molar-refractivity contribution in [1.82, 2.24) is 0 Å². The standard InChI is InChI=1S/C15H14Cl2O/c1-10(11-2-6-13(16)7-3-11)15(18)12-4-8-14(17)9-5-12/h2-10,15,18H,1H3/t10-,15-/m1/s1. The van der Waals surface area contributed by atoms with Crippen LogP contribution in [0.5, 0.6) is 0 Å². The molecule has 2 rings (SSSR count). The number of rotatable bonds is 3. The van der Waals surface area contributed by atoms with E-state index in [1.807, 2.05) is 43.3 Å². The second-order valence-electron chi connectivity index (χ2n) is 4.34. The predicted molar refractivity (Wildman–Crippen MR) is 76.3 cm³/mol. The van der Waals surface area contributed by atoms with Crippen molar-refractivity contribution in [2.45, 2.75) is 18.9 Å². The van der Waals surface area contributed by atoms with Gasteiger partial charge in [-0.2, -0.15) is 0 Å². The van der Waals surface area contributed by atoms with Gasteiger partial charge < -0.3 is 5.11 Å². The van der Waals surface area contributed by atoms with Crippen molar-refractivity contribution in [2.75, 3.05) is 0 Å². The van der Waals surface area contributed by atoms with Crippen LogP contribution in [0, 0.1) is 0 Å². The molecule has 2 aromatic carbocycles. The van der Waals surface area contributed by atoms with Crippen LogP contribution in [0.2, 0.25) is 10.0 Å². The molecule has 3 heteroatoms. The minimum absolute atomic E-state index is 0.00319. The summed E-state index contributed by atoms with van der Waals surface area (Å²) < 4.78 is 0. The minimum Gasteiger partial charge on any atom is -0.388 e. The van der Waals surface area contributed by atoms with Crippen LogP contribution in [0.25, 0.3) is 0 Å². The summed E-state index contributed by atoms with van der Waals surface area (Å²) in [5.41, 5.74) is 1.92. The molecule has 0 unspecified atom stereocenters. The largest absolute Gasteiger partial charge is 0.388 e. The maximum Gasteiger partial charge on any atom is 0.0855 e. The highest BCUT2D eigenvalue weighted by Crippen LogP contribution is 2.31. The zero-order chi connectivity index (χ0) is 13.1. The lowest BCUT2D eigenvalue weighted by Gasteiger charge is -2.19. The zero-order valence-corrected chi connectivity index (χ0v) is 11.5. The molecule has 0 aliphatic heterocycles. The van der Waals surface area contributed by atoms with Gasteiger partial charge in [0.1, 0.15) is 0 Å². The molecule has 0 amide bonds. The van der Waals surface area contributed by atoms with E-state index in [9.17, 15) is 5.11 Å². The Kier molecular flexibility index (Phi) is 4.28. The normalized spacial score (nSPS) is 14.2. The average Bonchev–Trinajstić information content (AvgIpc) is 2.39. The van der Waals surface area contributed by atoms with Crippen LogP contribution < -0.4 is 0 Å². The molecule has 18 heavy (non-hydrogen) atoms. The van der Waals surface area contributed by atoms with Crippen molar-refractivity contribution in [1.29, 1.82) is 0 Å². The van der Waals surface area contributed by atoms with Gasteiger partial charge in [-0.3, -0.25) is 0 Å². The molecule has 2 atom stereocenters. The van der Waals surface area contributed by atoms with Crippen LogP contribution in [0.4, 0.5) is 0 Å². The molecule has 0 aromatic heterocycles. The summed E-state index contributed by atoms with van der Waals surface area (Å²) in [6, 6.07) is 14.8. The Hall–Kier alpha value is -1.02. The van der Waals surface area contributed by atoms with Gasteiger partial charge in [0.25, 0.3) is 0 Å². The number of hydrogen-bond acceptors (Lipinski definition) is 1. The van der Waals surface area contributed by atoms with Crippen LogP contribution in [0.3, 0.4) is 0 Å². The molecule has 0 heterocycles. The van der Waals surface area contributed by atoms with E-state index >= 15 is 0 Å². The van der Waals surface area contributed by atoms with Gasteiger partial charge in [0, 0.05) is 16.0 Å². The summed E-state index contributed by atoms with van der Waals surface area (Å²) in [4.78, 5) is 0. The minimum atomic E-state index is -0.552. The van der Waals surface area contributed by atoms with Gasteiger partial charge in [0.05, 0.1) is 6.10 Å². The van der Waals surface area contributed by atoms with E-state index in [-0.39, 0.29) is 5.92 Å². The third-order valence-corrected chi connectivity index (χ3v) is 3.58. The fourth-order valence-corrected chi connectivity index (χ4v) is 2.15. The Morgan fingerprint density at radius 1 is 0.778 bits per heavy atom. The van der Waals surface area contributed by atoms with Crippen molar-refractivity contribution in [2.24, 2.45) is 0 Å². The number of aliphatic hydroxyl groups excluding tert-OH is 1. The molecule has 0 saturated carbocycles. The van der Waals surface area contributed by atoms with Crippen molar-refractivity contribution in [3.05, 3.63) is 69.7 Å². The topological polar surface area (TPSA) is 20.2 Å². The van der Waals surface area contributed by atoms with E-state index in [4.69, 9.17) is 23.2 Å². The summed E-state index contributed by atoms with van der Waals surface area (Å²) in [5, 5.41) is 11.7. The van der Waals surface area contributed by atoms with Gasteiger partial charge in [0.15, 0.2) is 0 Å². The van der Waals surface area contributed by atoms with Crippen LogP contribution in [0.1, 0.15) is 30.1 Å². The molecule has 0 aliphatic rings. The van der Waals surface area contributed by atoms with Gasteiger partial charge in [-0.15, -0.1) is 0 Å². The summed E-state index contributed by atoms with van der Waals surface area (Å²) >= 11 is 11.7. The summed E-state index contributed by atoms with van der Waals surface area (Å²) in [7, 11) is 0. The fourth-order valence-electron chi connectivity index (χ4n) is 1.90. The molecule has 94 valence electrons. The van der Waals surface area contributed by atoms with Gasteiger partial charge >= 0.3 is 0 Å². The molecule has 0 fully saturated rings. The van der Waals surface area contributed by atoms with Crippen LogP contribution in [-0.4, -0.2) is 5.11 Å². The molecule has 2 aromatic rings. The Bertz CT molecular complexity index is 456. The lowest BCUT2D eigenvalue weighted by molar-refractivity contribution is 0.151. The molecule has 0 bridgehead atoms. The fraction of sp³-hybridized carbons (Fsp3) is 0.200. The highest BCUT2D eigenvalue weighted by molar-refractivity contribution is 6.30. The van der Waals surface area contributed by atoms with Gasteiger partial charge in [0.2, 0.25) is 0 Å². The number of aliphatic hydroxyl groups is 1. The first-order chi connectivity index (χ1) is 8.58. The van der Waals surface area contributed by atoms with Crippen LogP contribution in [0.15, 0.2) is 48.5 Å². The molecule has 0 spiro atoms. The summed E-state index contributed by atoms with van der Waals surface area (Å²) in [5.74, 6) is 0.00319. The van der Waals surface area contributed by atoms with E-state index in [0.29, 0.717) is 10.0 Å². The summed E-state index contributed by atoms with van der Waals surface area (Å²) in [6.45, 7) is 1.99. The first-order valence-corrected chi connectivity index (χ1v) is 6.52. The molecule has 0 saturated heterocycles. The highest BCUT2D eigenvalue weighted by Gasteiger charge is 2.17. The van der Waals surface area contributed by atoms with Gasteiger partial charge in [-0.1, -0.05) is 54.4 Å². The van der Waals surface area contributed by atoms with E-state index in [2.05, 4.69) is 0 Å². The quantitative estimate of drug-likeness (QED) is 0.854. The molecule has 1 N–H and O–H groups in total. The maximum absolute atomic E-state index is 10.3. The van der Waals surface area contributed by atoms with E-state index in [0.717, 1.165) is 11.1 Å². The molecule has 0 radical (unpaired) electrons. The SMILES string of the molecule is C[C@H](c1ccc(Cl)cc1)[C@@H](O)c1ccc(Cl)cc1. The van der Waals surface area contributed by atoms with Crippen molar-refractivity contribution in [3.8, 4) is 0 Å². The third-order valence-electron chi connectivity index (χ3n) is 3.08. The van der Waals surface area contributed by atoms with Crippen molar-refractivity contribution < 1.29 is 5.11 Å². The lowest BCUT2D eigenvalue weighted by Crippen LogP contribution is -2.07. The highest BCUT2D eigenvalue weighted by atomic mass is 35.5. The zero-order valence-electron chi connectivity index (χ0n) is 9.98. The Balaban J connectivity index is 2.20. The van der Waals surface area contributed by atoms with Crippen molar-refractivity contribution in [3.63, 3.8) is 0 Å². The Labute approximate surface area is 117 Å². The molecular formula is C15H14Cl2O. The number of halogens is 2. The maximum atomic E-state index is 10.3. The van der Waals surface area contributed by atoms with E-state index in [1.165, 1.54) is 0 Å². The summed E-state index contributed by atoms with van der Waals surface area (Å²) in [6.07, 6.45) is -0.552. The molecule has 0 aliphatic carbocycles. The van der Waals surface area contributed by atoms with E-state index < -0.39 is 6.10 Å². The van der Waals surface area contributed by atoms with Gasteiger partial charge in [-0.05, 0) is 35.4 Å². The van der Waals surface area contributed by atoms with Crippen LogP contribution in [-0.2, 0) is 0 Å². The lowest BCUT2D eigenvalue weighted by atomic mass is 9.91. The number of hydrogen-bond donors (Lipinski definition) is 1. The third kappa shape index (κ3) is 3.05. The van der Waals surface area contributed by atoms with E-state index in [1.54, 1.807) is 12.1 Å². The second-order valence-corrected chi connectivity index (χ2v) is 5.21. The second kappa shape index (κ2) is 5.75. The first kappa shape index (κ1) is 13.4. The Morgan fingerprint density at radius 3 is 1.61 bits per heavy atom. The monoisotopic (exact) mass is 280 g/mol. The molecular weight excluding hydrogens is 267 g/mol. The van der Waals surface area contributed by atoms with Crippen LogP contribution >= 0.6 is 23.2 Å². The smallest absolute Gasteiger partial charge is 0.0855 e. The molecule has 1 nitrogen and oxygen atoms in total. The Morgan fingerprint density at radius 2 is 1.17 bits per heavy atom. The average molecular weight is 281 g/mol. The predicted octanol–water partition coefficient (Wildman–Crippen LogP) is 4.83. The van der Waals surface area contributed by atoms with Crippen molar-refractivity contribution >= 4 is 23.2 Å². The first-order valence-electron chi connectivity index (χ1n) is 5.77. The number of benzene rings is 2.